The number of ether oxygens (including phenoxy) is 3. The van der Waals surface area contributed by atoms with Crippen molar-refractivity contribution in [2.45, 2.75) is 30.3 Å². The third kappa shape index (κ3) is 1.76. The lowest BCUT2D eigenvalue weighted by Crippen LogP contribution is -2.61. The number of rotatable bonds is 3. The van der Waals surface area contributed by atoms with E-state index in [2.05, 4.69) is 11.0 Å². The van der Waals surface area contributed by atoms with Crippen molar-refractivity contribution in [3.8, 4) is 11.5 Å². The summed E-state index contributed by atoms with van der Waals surface area (Å²) >= 11 is 0. The fourth-order valence-corrected chi connectivity index (χ4v) is 6.54. The van der Waals surface area contributed by atoms with Crippen LogP contribution in [0.4, 0.5) is 5.69 Å². The van der Waals surface area contributed by atoms with E-state index >= 15 is 0 Å². The molecule has 6 aliphatic rings. The molecule has 0 radical (unpaired) electrons. The van der Waals surface area contributed by atoms with Gasteiger partial charge >= 0.3 is 0 Å². The quantitative estimate of drug-likeness (QED) is 0.827. The molecule has 1 spiro atoms. The van der Waals surface area contributed by atoms with E-state index in [1.54, 1.807) is 14.2 Å². The van der Waals surface area contributed by atoms with Gasteiger partial charge in [-0.2, -0.15) is 0 Å². The summed E-state index contributed by atoms with van der Waals surface area (Å²) in [5, 5.41) is 9.44. The number of nitrogens with zero attached hydrogens (tertiary/aromatic N) is 2. The fourth-order valence-electron chi connectivity index (χ4n) is 6.54. The Bertz CT molecular complexity index is 894. The number of aliphatic hydroxyl groups excluding tert-OH is 1. The Morgan fingerprint density at radius 3 is 3.04 bits per heavy atom. The molecule has 1 aromatic rings. The van der Waals surface area contributed by atoms with Gasteiger partial charge in [-0.3, -0.25) is 4.90 Å². The SMILES string of the molecule is COc1cc(OC)c2c(c1)[C@@]13C[C@H]4[C@@H](COC1=N2)[C@H]1C[C@@H]3N4CC1=CCO. The molecule has 0 saturated carbocycles. The molecule has 1 aromatic carbocycles. The maximum atomic E-state index is 9.44. The summed E-state index contributed by atoms with van der Waals surface area (Å²) in [4.78, 5) is 7.60. The highest BCUT2D eigenvalue weighted by Gasteiger charge is 2.69. The van der Waals surface area contributed by atoms with Crippen LogP contribution in [0.2, 0.25) is 0 Å². The first-order valence-electron chi connectivity index (χ1n) is 9.75. The summed E-state index contributed by atoms with van der Waals surface area (Å²) in [6, 6.07) is 4.94. The van der Waals surface area contributed by atoms with Gasteiger partial charge in [0.25, 0.3) is 0 Å². The minimum atomic E-state index is -0.198. The first-order valence-corrected chi connectivity index (χ1v) is 9.75. The van der Waals surface area contributed by atoms with Crippen molar-refractivity contribution in [2.75, 3.05) is 34.0 Å². The van der Waals surface area contributed by atoms with E-state index in [0.29, 0.717) is 30.5 Å². The first-order chi connectivity index (χ1) is 13.2. The zero-order valence-electron chi connectivity index (χ0n) is 15.6. The van der Waals surface area contributed by atoms with Crippen molar-refractivity contribution in [3.05, 3.63) is 29.3 Å². The van der Waals surface area contributed by atoms with Crippen molar-refractivity contribution in [2.24, 2.45) is 16.8 Å². The predicted octanol–water partition coefficient (Wildman–Crippen LogP) is 2.03. The smallest absolute Gasteiger partial charge is 0.201 e. The molecule has 0 amide bonds. The van der Waals surface area contributed by atoms with Crippen molar-refractivity contribution in [1.29, 1.82) is 0 Å². The van der Waals surface area contributed by atoms with Crippen molar-refractivity contribution in [1.82, 2.24) is 4.90 Å². The Kier molecular flexibility index (Phi) is 3.11. The third-order valence-corrected chi connectivity index (χ3v) is 7.60. The Hall–Kier alpha value is -2.05. The summed E-state index contributed by atoms with van der Waals surface area (Å²) in [6.07, 6.45) is 4.17. The van der Waals surface area contributed by atoms with Crippen LogP contribution in [0.15, 0.2) is 28.8 Å². The molecule has 27 heavy (non-hydrogen) atoms. The third-order valence-electron chi connectivity index (χ3n) is 7.60. The van der Waals surface area contributed by atoms with E-state index in [4.69, 9.17) is 19.2 Å². The zero-order chi connectivity index (χ0) is 18.3. The molecular weight excluding hydrogens is 344 g/mol. The van der Waals surface area contributed by atoms with Crippen LogP contribution >= 0.6 is 0 Å². The van der Waals surface area contributed by atoms with Crippen LogP contribution in [0.5, 0.6) is 11.5 Å². The van der Waals surface area contributed by atoms with E-state index in [1.165, 1.54) is 11.1 Å². The molecular formula is C21H24N2O4. The largest absolute Gasteiger partial charge is 0.497 e. The molecule has 5 fully saturated rings. The van der Waals surface area contributed by atoms with E-state index < -0.39 is 0 Å². The molecule has 1 unspecified atom stereocenters. The summed E-state index contributed by atoms with van der Waals surface area (Å²) in [5.41, 5.74) is 3.29. The number of hydrogen-bond donors (Lipinski definition) is 1. The lowest BCUT2D eigenvalue weighted by molar-refractivity contribution is -0.0154. The Balaban J connectivity index is 1.54. The minimum absolute atomic E-state index is 0.123. The molecule has 6 heteroatoms. The standard InChI is InChI=1S/C21H24N2O4/c1-25-12-5-15-19(17(6-12)26-2)22-20-21(15)8-16-14(10-27-20)13-7-18(21)23(16)9-11(13)3-4-24/h3,5-6,13-14,16,18,24H,4,7-10H2,1-2H3/t13-,14-,16-,18-,21+/m0/s1. The summed E-state index contributed by atoms with van der Waals surface area (Å²) in [7, 11) is 3.38. The molecule has 6 aliphatic heterocycles. The average Bonchev–Trinajstić information content (AvgIpc) is 3.04. The maximum Gasteiger partial charge on any atom is 0.201 e. The lowest BCUT2D eigenvalue weighted by Gasteiger charge is -2.54. The average molecular weight is 368 g/mol. The molecule has 0 aliphatic carbocycles. The Labute approximate surface area is 158 Å². The van der Waals surface area contributed by atoms with Crippen LogP contribution in [-0.2, 0) is 10.2 Å². The summed E-state index contributed by atoms with van der Waals surface area (Å²) in [6.45, 7) is 1.79. The predicted molar refractivity (Wildman–Crippen MR) is 99.9 cm³/mol. The fraction of sp³-hybridized carbons (Fsp3) is 0.571. The van der Waals surface area contributed by atoms with E-state index in [0.717, 1.165) is 42.5 Å². The number of aliphatic imine (C=N–C) groups is 1. The molecule has 1 N–H and O–H groups in total. The second-order valence-corrected chi connectivity index (χ2v) is 8.35. The van der Waals surface area contributed by atoms with Crippen LogP contribution in [0, 0.1) is 11.8 Å². The van der Waals surface area contributed by atoms with Crippen LogP contribution in [0.25, 0.3) is 0 Å². The van der Waals surface area contributed by atoms with Gasteiger partial charge in [-0.05, 0) is 24.8 Å². The number of benzene rings is 1. The van der Waals surface area contributed by atoms with Gasteiger partial charge in [0, 0.05) is 36.2 Å². The highest BCUT2D eigenvalue weighted by Crippen LogP contribution is 2.64. The molecule has 5 bridgehead atoms. The highest BCUT2D eigenvalue weighted by atomic mass is 16.5. The van der Waals surface area contributed by atoms with Crippen LogP contribution in [0.1, 0.15) is 18.4 Å². The van der Waals surface area contributed by atoms with E-state index in [9.17, 15) is 5.11 Å². The van der Waals surface area contributed by atoms with Gasteiger partial charge in [-0.25, -0.2) is 4.99 Å². The topological polar surface area (TPSA) is 63.5 Å². The Morgan fingerprint density at radius 2 is 2.26 bits per heavy atom. The highest BCUT2D eigenvalue weighted by molar-refractivity contribution is 6.00. The van der Waals surface area contributed by atoms with Gasteiger partial charge in [0.1, 0.15) is 17.2 Å². The first kappa shape index (κ1) is 16.0. The van der Waals surface area contributed by atoms with E-state index in [-0.39, 0.29) is 12.0 Å². The molecule has 6 atom stereocenters. The number of methoxy groups -OCH3 is 2. The number of hydrogen-bond acceptors (Lipinski definition) is 6. The van der Waals surface area contributed by atoms with Crippen molar-refractivity contribution < 1.29 is 19.3 Å². The lowest BCUT2D eigenvalue weighted by atomic mass is 9.68. The molecule has 7 rings (SSSR count). The number of fused-ring (bicyclic) bond motifs is 2. The zero-order valence-corrected chi connectivity index (χ0v) is 15.6. The van der Waals surface area contributed by atoms with Gasteiger partial charge < -0.3 is 19.3 Å². The normalized spacial score (nSPS) is 41.1. The molecule has 142 valence electrons. The van der Waals surface area contributed by atoms with E-state index in [1.807, 2.05) is 12.1 Å². The van der Waals surface area contributed by atoms with Crippen molar-refractivity contribution >= 4 is 11.6 Å². The Morgan fingerprint density at radius 1 is 1.37 bits per heavy atom. The summed E-state index contributed by atoms with van der Waals surface area (Å²) in [5.74, 6) is 3.42. The van der Waals surface area contributed by atoms with Crippen LogP contribution in [-0.4, -0.2) is 62.0 Å². The van der Waals surface area contributed by atoms with Gasteiger partial charge in [0.15, 0.2) is 0 Å². The molecule has 6 nitrogen and oxygen atoms in total. The second kappa shape index (κ2) is 5.26. The van der Waals surface area contributed by atoms with Gasteiger partial charge in [-0.1, -0.05) is 11.6 Å². The second-order valence-electron chi connectivity index (χ2n) is 8.35. The number of aliphatic hydroxyl groups is 1. The molecule has 0 aromatic heterocycles. The van der Waals surface area contributed by atoms with Gasteiger partial charge in [0.2, 0.25) is 5.90 Å². The van der Waals surface area contributed by atoms with Gasteiger partial charge in [0.05, 0.1) is 32.8 Å². The van der Waals surface area contributed by atoms with Crippen LogP contribution < -0.4 is 9.47 Å². The molecule has 6 heterocycles. The minimum Gasteiger partial charge on any atom is -0.497 e. The number of piperidine rings is 3. The van der Waals surface area contributed by atoms with Crippen LogP contribution in [0.3, 0.4) is 0 Å². The van der Waals surface area contributed by atoms with Crippen molar-refractivity contribution in [3.63, 3.8) is 0 Å². The summed E-state index contributed by atoms with van der Waals surface area (Å²) < 4.78 is 17.6. The molecule has 5 saturated heterocycles. The monoisotopic (exact) mass is 368 g/mol. The maximum absolute atomic E-state index is 9.44. The van der Waals surface area contributed by atoms with Gasteiger partial charge in [-0.15, -0.1) is 0 Å².